The van der Waals surface area contributed by atoms with Crippen molar-refractivity contribution in [1.29, 1.82) is 0 Å². The summed E-state index contributed by atoms with van der Waals surface area (Å²) in [6, 6.07) is 7.87. The van der Waals surface area contributed by atoms with Gasteiger partial charge in [0.2, 0.25) is 0 Å². The maximum atomic E-state index is 12.9. The number of halogens is 1. The summed E-state index contributed by atoms with van der Waals surface area (Å²) in [5.41, 5.74) is 0.150. The number of ketones is 1. The summed E-state index contributed by atoms with van der Waals surface area (Å²) in [5.74, 6) is 1.49. The molecule has 0 spiro atoms. The monoisotopic (exact) mass is 347 g/mol. The number of carbonyl (C=O) groups excluding carboxylic acids is 1. The van der Waals surface area contributed by atoms with Crippen molar-refractivity contribution in [2.24, 2.45) is 11.8 Å². The van der Waals surface area contributed by atoms with E-state index in [0.717, 1.165) is 20.0 Å². The molecule has 23 heavy (non-hydrogen) atoms. The molecule has 3 aliphatic heterocycles. The number of thiophene rings is 1. The maximum Gasteiger partial charge on any atom is 0.173 e. The molecule has 2 aromatic rings. The highest BCUT2D eigenvalue weighted by Gasteiger charge is 2.47. The van der Waals surface area contributed by atoms with E-state index in [1.54, 1.807) is 11.3 Å². The summed E-state index contributed by atoms with van der Waals surface area (Å²) >= 11 is 7.66. The van der Waals surface area contributed by atoms with Gasteiger partial charge in [0, 0.05) is 21.7 Å². The van der Waals surface area contributed by atoms with Crippen LogP contribution in [0, 0.1) is 11.8 Å². The van der Waals surface area contributed by atoms with Gasteiger partial charge < -0.3 is 0 Å². The summed E-state index contributed by atoms with van der Waals surface area (Å²) in [7, 11) is 0. The molecule has 1 aromatic heterocycles. The zero-order valence-corrected chi connectivity index (χ0v) is 15.2. The molecule has 0 radical (unpaired) electrons. The van der Waals surface area contributed by atoms with Crippen molar-refractivity contribution in [1.82, 2.24) is 4.90 Å². The molecule has 4 heterocycles. The van der Waals surface area contributed by atoms with E-state index in [2.05, 4.69) is 18.7 Å². The summed E-state index contributed by atoms with van der Waals surface area (Å²) in [4.78, 5) is 16.4. The molecule has 0 amide bonds. The number of rotatable bonds is 3. The van der Waals surface area contributed by atoms with Crippen LogP contribution in [0.5, 0.6) is 0 Å². The molecule has 5 rings (SSSR count). The molecule has 0 N–H and O–H groups in total. The van der Waals surface area contributed by atoms with Crippen LogP contribution in [0.4, 0.5) is 0 Å². The highest BCUT2D eigenvalue weighted by molar-refractivity contribution is 7.20. The van der Waals surface area contributed by atoms with Crippen molar-refractivity contribution < 1.29 is 4.79 Å². The van der Waals surface area contributed by atoms with Crippen LogP contribution in [0.1, 0.15) is 42.8 Å². The Morgan fingerprint density at radius 2 is 2.04 bits per heavy atom. The van der Waals surface area contributed by atoms with E-state index in [1.807, 2.05) is 24.3 Å². The lowest BCUT2D eigenvalue weighted by Gasteiger charge is -2.56. The second-order valence-corrected chi connectivity index (χ2v) is 9.02. The Morgan fingerprint density at radius 1 is 1.30 bits per heavy atom. The number of Topliss-reactive ketones (excluding diaryl/α,β-unsaturated/α-hetero) is 1. The highest BCUT2D eigenvalue weighted by Crippen LogP contribution is 2.46. The van der Waals surface area contributed by atoms with Gasteiger partial charge in [-0.05, 0) is 81.3 Å². The zero-order chi connectivity index (χ0) is 16.2. The normalized spacial score (nSPS) is 29.1. The number of hydrogen-bond acceptors (Lipinski definition) is 3. The molecule has 122 valence electrons. The quantitative estimate of drug-likeness (QED) is 0.707. The van der Waals surface area contributed by atoms with Crippen LogP contribution in [0.3, 0.4) is 0 Å². The Bertz CT molecular complexity index is 758. The topological polar surface area (TPSA) is 20.3 Å². The van der Waals surface area contributed by atoms with Crippen molar-refractivity contribution in [3.05, 3.63) is 34.2 Å². The van der Waals surface area contributed by atoms with Crippen molar-refractivity contribution >= 4 is 38.8 Å². The molecule has 0 unspecified atom stereocenters. The zero-order valence-electron chi connectivity index (χ0n) is 13.6. The highest BCUT2D eigenvalue weighted by atomic mass is 35.5. The smallest absolute Gasteiger partial charge is 0.173 e. The Labute approximate surface area is 146 Å². The van der Waals surface area contributed by atoms with E-state index in [-0.39, 0.29) is 5.54 Å². The fourth-order valence-corrected chi connectivity index (χ4v) is 5.73. The average molecular weight is 348 g/mol. The number of fused-ring (bicyclic) bond motifs is 4. The summed E-state index contributed by atoms with van der Waals surface area (Å²) in [6.45, 7) is 7.04. The molecule has 3 saturated heterocycles. The lowest BCUT2D eigenvalue weighted by Crippen LogP contribution is -2.61. The van der Waals surface area contributed by atoms with Crippen molar-refractivity contribution in [2.45, 2.75) is 38.6 Å². The minimum Gasteiger partial charge on any atom is -0.298 e. The Hall–Kier alpha value is -0.900. The van der Waals surface area contributed by atoms with Gasteiger partial charge in [0.1, 0.15) is 0 Å². The Balaban J connectivity index is 1.59. The van der Waals surface area contributed by atoms with Gasteiger partial charge in [-0.3, -0.25) is 9.69 Å². The predicted molar refractivity (Wildman–Crippen MR) is 97.6 cm³/mol. The molecule has 3 fully saturated rings. The lowest BCUT2D eigenvalue weighted by atomic mass is 9.65. The second kappa shape index (κ2) is 5.58. The first kappa shape index (κ1) is 15.6. The van der Waals surface area contributed by atoms with Gasteiger partial charge in [0.25, 0.3) is 0 Å². The Morgan fingerprint density at radius 3 is 2.74 bits per heavy atom. The maximum absolute atomic E-state index is 12.9. The van der Waals surface area contributed by atoms with Gasteiger partial charge in [-0.25, -0.2) is 0 Å². The molecule has 3 aliphatic rings. The molecule has 1 atom stereocenters. The largest absolute Gasteiger partial charge is 0.298 e. The number of hydrogen-bond donors (Lipinski definition) is 0. The minimum absolute atomic E-state index is 0.150. The molecule has 1 aromatic carbocycles. The van der Waals surface area contributed by atoms with Crippen LogP contribution in [0.2, 0.25) is 5.02 Å². The third-order valence-electron chi connectivity index (χ3n) is 5.99. The molecular weight excluding hydrogens is 326 g/mol. The summed E-state index contributed by atoms with van der Waals surface area (Å²) in [6.07, 6.45) is 3.18. The van der Waals surface area contributed by atoms with E-state index in [1.165, 1.54) is 25.9 Å². The van der Waals surface area contributed by atoms with Gasteiger partial charge >= 0.3 is 0 Å². The average Bonchev–Trinajstić information content (AvgIpc) is 2.94. The molecule has 4 heteroatoms. The van der Waals surface area contributed by atoms with E-state index in [4.69, 9.17) is 11.6 Å². The van der Waals surface area contributed by atoms with E-state index < -0.39 is 0 Å². The van der Waals surface area contributed by atoms with E-state index >= 15 is 0 Å². The first-order valence-corrected chi connectivity index (χ1v) is 9.62. The lowest BCUT2D eigenvalue weighted by molar-refractivity contribution is -0.0643. The number of piperidine rings is 3. The Kier molecular flexibility index (Phi) is 3.79. The molecule has 0 aliphatic carbocycles. The summed E-state index contributed by atoms with van der Waals surface area (Å²) in [5, 5.41) is 1.81. The SMILES string of the molecule is CC1(C)[C@@H](CC(=O)c2cc3cc(Cl)ccc3s2)C2CCN1CC2. The standard InChI is InChI=1S/C19H22ClNOS/c1-19(2)15(12-5-7-21(19)8-6-12)11-16(22)18-10-13-9-14(20)3-4-17(13)23-18/h3-4,9-10,12,15H,5-8,11H2,1-2H3/t15-/m0/s1. The molecule has 0 saturated carbocycles. The van der Waals surface area contributed by atoms with Crippen molar-refractivity contribution in [3.63, 3.8) is 0 Å². The number of carbonyl (C=O) groups is 1. The third kappa shape index (κ3) is 2.63. The second-order valence-electron chi connectivity index (χ2n) is 7.50. The van der Waals surface area contributed by atoms with Crippen LogP contribution >= 0.6 is 22.9 Å². The first-order chi connectivity index (χ1) is 10.9. The van der Waals surface area contributed by atoms with Gasteiger partial charge in [0.05, 0.1) is 4.88 Å². The van der Waals surface area contributed by atoms with Crippen LogP contribution < -0.4 is 0 Å². The van der Waals surface area contributed by atoms with E-state index in [0.29, 0.717) is 24.0 Å². The third-order valence-corrected chi connectivity index (χ3v) is 7.38. The molecular formula is C19H22ClNOS. The molecule has 2 bridgehead atoms. The van der Waals surface area contributed by atoms with Gasteiger partial charge in [0.15, 0.2) is 5.78 Å². The van der Waals surface area contributed by atoms with E-state index in [9.17, 15) is 4.79 Å². The van der Waals surface area contributed by atoms with Crippen LogP contribution in [0.15, 0.2) is 24.3 Å². The minimum atomic E-state index is 0.150. The first-order valence-electron chi connectivity index (χ1n) is 8.42. The van der Waals surface area contributed by atoms with Crippen LogP contribution in [-0.2, 0) is 0 Å². The predicted octanol–water partition coefficient (Wildman–Crippen LogP) is 5.25. The van der Waals surface area contributed by atoms with Gasteiger partial charge in [-0.2, -0.15) is 0 Å². The van der Waals surface area contributed by atoms with Crippen LogP contribution in [-0.4, -0.2) is 29.3 Å². The van der Waals surface area contributed by atoms with Crippen LogP contribution in [0.25, 0.3) is 10.1 Å². The fourth-order valence-electron chi connectivity index (χ4n) is 4.56. The van der Waals surface area contributed by atoms with Crippen molar-refractivity contribution in [2.75, 3.05) is 13.1 Å². The van der Waals surface area contributed by atoms with Gasteiger partial charge in [-0.1, -0.05) is 11.6 Å². The number of nitrogens with zero attached hydrogens (tertiary/aromatic N) is 1. The molecule has 2 nitrogen and oxygen atoms in total. The fraction of sp³-hybridized carbons (Fsp3) is 0.526. The van der Waals surface area contributed by atoms with Gasteiger partial charge in [-0.15, -0.1) is 11.3 Å². The van der Waals surface area contributed by atoms with Crippen molar-refractivity contribution in [3.8, 4) is 0 Å². The number of benzene rings is 1. The summed E-state index contributed by atoms with van der Waals surface area (Å²) < 4.78 is 1.14.